The molecule has 0 aromatic heterocycles. The van der Waals surface area contributed by atoms with Gasteiger partial charge in [-0.1, -0.05) is 48.5 Å². The maximum Gasteiger partial charge on any atom is 0.336 e. The van der Waals surface area contributed by atoms with E-state index in [9.17, 15) is 9.59 Å². The zero-order valence-electron chi connectivity index (χ0n) is 16.4. The van der Waals surface area contributed by atoms with E-state index < -0.39 is 0 Å². The molecule has 1 atom stereocenters. The average molecular weight is 383 g/mol. The Morgan fingerprint density at radius 1 is 0.931 bits per heavy atom. The van der Waals surface area contributed by atoms with Crippen LogP contribution in [0.3, 0.4) is 0 Å². The molecule has 1 amide bonds. The van der Waals surface area contributed by atoms with Crippen LogP contribution in [-0.2, 0) is 14.3 Å². The van der Waals surface area contributed by atoms with E-state index in [1.807, 2.05) is 68.4 Å². The Kier molecular flexibility index (Phi) is 4.02. The summed E-state index contributed by atoms with van der Waals surface area (Å²) in [7, 11) is 0. The van der Waals surface area contributed by atoms with Gasteiger partial charge in [-0.2, -0.15) is 0 Å². The Bertz CT molecular complexity index is 1180. The van der Waals surface area contributed by atoms with Gasteiger partial charge in [-0.25, -0.2) is 4.79 Å². The Morgan fingerprint density at radius 3 is 2.45 bits per heavy atom. The second kappa shape index (κ2) is 6.59. The van der Waals surface area contributed by atoms with Crippen molar-refractivity contribution < 1.29 is 14.3 Å². The van der Waals surface area contributed by atoms with Crippen molar-refractivity contribution in [1.82, 2.24) is 0 Å². The zero-order chi connectivity index (χ0) is 20.1. The van der Waals surface area contributed by atoms with Gasteiger partial charge in [-0.3, -0.25) is 9.69 Å². The summed E-state index contributed by atoms with van der Waals surface area (Å²) in [5.41, 5.74) is 5.25. The largest absolute Gasteiger partial charge is 0.456 e. The van der Waals surface area contributed by atoms with E-state index in [0.29, 0.717) is 11.3 Å². The van der Waals surface area contributed by atoms with Gasteiger partial charge in [0.2, 0.25) is 5.91 Å². The minimum Gasteiger partial charge on any atom is -0.456 e. The number of nitrogens with zero attached hydrogens (tertiary/aromatic N) is 1. The number of hydrogen-bond donors (Lipinski definition) is 0. The molecule has 29 heavy (non-hydrogen) atoms. The van der Waals surface area contributed by atoms with Gasteiger partial charge in [0.1, 0.15) is 6.61 Å². The first-order valence-electron chi connectivity index (χ1n) is 9.82. The standard InChI is InChI=1S/C25H21NO3/c1-15-10-16(2)12-18(11-15)26-22-14-29-25(28)24(22)21(13-23(26)27)20-9-5-7-17-6-3-4-8-19(17)20/h3-12,21H,13-14H2,1-2H3. The van der Waals surface area contributed by atoms with Crippen molar-refractivity contribution in [1.29, 1.82) is 0 Å². The SMILES string of the molecule is Cc1cc(C)cc(N2C(=O)CC(c3cccc4ccccc34)C3=C2COC3=O)c1. The first-order chi connectivity index (χ1) is 14.0. The highest BCUT2D eigenvalue weighted by atomic mass is 16.5. The quantitative estimate of drug-likeness (QED) is 0.598. The minimum atomic E-state index is -0.320. The minimum absolute atomic E-state index is 0.00927. The predicted octanol–water partition coefficient (Wildman–Crippen LogP) is 4.79. The normalized spacial score (nSPS) is 19.0. The molecule has 2 heterocycles. The van der Waals surface area contributed by atoms with E-state index in [1.54, 1.807) is 4.90 Å². The second-order valence-electron chi connectivity index (χ2n) is 7.84. The van der Waals surface area contributed by atoms with E-state index in [4.69, 9.17) is 4.74 Å². The fourth-order valence-corrected chi connectivity index (χ4v) is 4.65. The van der Waals surface area contributed by atoms with Crippen molar-refractivity contribution in [2.75, 3.05) is 11.5 Å². The van der Waals surface area contributed by atoms with Crippen LogP contribution in [0.25, 0.3) is 10.8 Å². The molecular formula is C25H21NO3. The van der Waals surface area contributed by atoms with Gasteiger partial charge in [0, 0.05) is 18.0 Å². The Morgan fingerprint density at radius 2 is 1.66 bits per heavy atom. The number of amides is 1. The highest BCUT2D eigenvalue weighted by Crippen LogP contribution is 2.43. The smallest absolute Gasteiger partial charge is 0.336 e. The summed E-state index contributed by atoms with van der Waals surface area (Å²) in [5, 5.41) is 2.17. The van der Waals surface area contributed by atoms with Gasteiger partial charge < -0.3 is 4.74 Å². The molecule has 2 aliphatic rings. The number of carbonyl (C=O) groups is 2. The third-order valence-electron chi connectivity index (χ3n) is 5.78. The van der Waals surface area contributed by atoms with Gasteiger partial charge in [0.25, 0.3) is 0 Å². The van der Waals surface area contributed by atoms with Crippen LogP contribution >= 0.6 is 0 Å². The van der Waals surface area contributed by atoms with Crippen molar-refractivity contribution in [2.45, 2.75) is 26.2 Å². The molecule has 144 valence electrons. The molecule has 3 aromatic rings. The van der Waals surface area contributed by atoms with E-state index in [0.717, 1.165) is 33.2 Å². The molecular weight excluding hydrogens is 362 g/mol. The van der Waals surface area contributed by atoms with E-state index in [1.165, 1.54) is 0 Å². The van der Waals surface area contributed by atoms with Crippen molar-refractivity contribution in [3.8, 4) is 0 Å². The van der Waals surface area contributed by atoms with Crippen molar-refractivity contribution in [3.63, 3.8) is 0 Å². The maximum atomic E-state index is 13.3. The van der Waals surface area contributed by atoms with Crippen molar-refractivity contribution in [2.24, 2.45) is 0 Å². The third kappa shape index (κ3) is 2.83. The number of ether oxygens (including phenoxy) is 1. The highest BCUT2D eigenvalue weighted by Gasteiger charge is 2.43. The highest BCUT2D eigenvalue weighted by molar-refractivity contribution is 6.07. The monoisotopic (exact) mass is 383 g/mol. The van der Waals surface area contributed by atoms with Crippen LogP contribution in [0, 0.1) is 13.8 Å². The summed E-state index contributed by atoms with van der Waals surface area (Å²) in [4.78, 5) is 27.7. The van der Waals surface area contributed by atoms with Crippen molar-refractivity contribution in [3.05, 3.63) is 88.6 Å². The lowest BCUT2D eigenvalue weighted by atomic mass is 9.82. The number of aryl methyl sites for hydroxylation is 2. The first kappa shape index (κ1) is 17.7. The number of hydrogen-bond acceptors (Lipinski definition) is 3. The summed E-state index contributed by atoms with van der Waals surface area (Å²) in [6.45, 7) is 4.15. The lowest BCUT2D eigenvalue weighted by molar-refractivity contribution is -0.136. The van der Waals surface area contributed by atoms with Gasteiger partial charge in [0.15, 0.2) is 0 Å². The van der Waals surface area contributed by atoms with Crippen LogP contribution in [0.1, 0.15) is 29.0 Å². The van der Waals surface area contributed by atoms with E-state index in [-0.39, 0.29) is 30.8 Å². The fraction of sp³-hybridized carbons (Fsp3) is 0.200. The van der Waals surface area contributed by atoms with Crippen LogP contribution < -0.4 is 4.90 Å². The van der Waals surface area contributed by atoms with Gasteiger partial charge in [0.05, 0.1) is 11.3 Å². The molecule has 0 N–H and O–H groups in total. The van der Waals surface area contributed by atoms with E-state index in [2.05, 4.69) is 6.07 Å². The molecule has 0 bridgehead atoms. The van der Waals surface area contributed by atoms with E-state index >= 15 is 0 Å². The molecule has 5 rings (SSSR count). The fourth-order valence-electron chi connectivity index (χ4n) is 4.65. The third-order valence-corrected chi connectivity index (χ3v) is 5.78. The number of carbonyl (C=O) groups excluding carboxylic acids is 2. The summed E-state index contributed by atoms with van der Waals surface area (Å²) in [6, 6.07) is 20.2. The molecule has 4 heteroatoms. The lowest BCUT2D eigenvalue weighted by Gasteiger charge is -2.32. The Hall–Kier alpha value is -3.40. The van der Waals surface area contributed by atoms with Crippen LogP contribution in [0.4, 0.5) is 5.69 Å². The average Bonchev–Trinajstić information content (AvgIpc) is 3.07. The lowest BCUT2D eigenvalue weighted by Crippen LogP contribution is -2.37. The molecule has 0 fully saturated rings. The zero-order valence-corrected chi connectivity index (χ0v) is 16.4. The number of benzene rings is 3. The second-order valence-corrected chi connectivity index (χ2v) is 7.84. The number of anilines is 1. The molecule has 2 aliphatic heterocycles. The van der Waals surface area contributed by atoms with Gasteiger partial charge >= 0.3 is 5.97 Å². The van der Waals surface area contributed by atoms with Crippen LogP contribution in [-0.4, -0.2) is 18.5 Å². The molecule has 1 unspecified atom stereocenters. The molecule has 0 radical (unpaired) electrons. The Labute approximate surface area is 169 Å². The summed E-state index contributed by atoms with van der Waals surface area (Å²) < 4.78 is 5.42. The van der Waals surface area contributed by atoms with Crippen LogP contribution in [0.15, 0.2) is 71.9 Å². The maximum absolute atomic E-state index is 13.3. The number of fused-ring (bicyclic) bond motifs is 1. The summed E-state index contributed by atoms with van der Waals surface area (Å²) in [6.07, 6.45) is 0.245. The molecule has 0 saturated heterocycles. The molecule has 0 spiro atoms. The molecule has 4 nitrogen and oxygen atoms in total. The van der Waals surface area contributed by atoms with Gasteiger partial charge in [-0.15, -0.1) is 0 Å². The Balaban J connectivity index is 1.70. The van der Waals surface area contributed by atoms with Gasteiger partial charge in [-0.05, 0) is 53.4 Å². The molecule has 0 saturated carbocycles. The number of rotatable bonds is 2. The summed E-state index contributed by atoms with van der Waals surface area (Å²) >= 11 is 0. The predicted molar refractivity (Wildman–Crippen MR) is 113 cm³/mol. The van der Waals surface area contributed by atoms with Crippen LogP contribution in [0.2, 0.25) is 0 Å². The number of cyclic esters (lactones) is 1. The summed E-state index contributed by atoms with van der Waals surface area (Å²) in [5.74, 6) is -0.620. The number of esters is 1. The molecule has 3 aromatic carbocycles. The first-order valence-corrected chi connectivity index (χ1v) is 9.82. The van der Waals surface area contributed by atoms with Crippen LogP contribution in [0.5, 0.6) is 0 Å². The topological polar surface area (TPSA) is 46.6 Å². The van der Waals surface area contributed by atoms with Crippen molar-refractivity contribution >= 4 is 28.3 Å². The molecule has 0 aliphatic carbocycles.